The van der Waals surface area contributed by atoms with Crippen molar-refractivity contribution in [2.24, 2.45) is 0 Å². The molecule has 0 atom stereocenters. The molecule has 39 valence electrons. The molecule has 7 heavy (non-hydrogen) atoms. The van der Waals surface area contributed by atoms with Crippen LogP contribution in [0.4, 0.5) is 0 Å². The monoisotopic (exact) mass is 97.1 g/mol. The molecule has 0 aromatic carbocycles. The average Bonchev–Trinajstić information content (AvgIpc) is 1.91. The number of hydrazine groups is 1. The predicted molar refractivity (Wildman–Crippen MR) is 28.2 cm³/mol. The lowest BCUT2D eigenvalue weighted by Gasteiger charge is -2.10. The van der Waals surface area contributed by atoms with Crippen molar-refractivity contribution in [3.05, 3.63) is 11.8 Å². The number of nitrogens with one attached hydrogen (secondary N) is 1. The molecule has 1 radical (unpaired) electrons. The molecule has 0 fully saturated rings. The summed E-state index contributed by atoms with van der Waals surface area (Å²) in [4.78, 5) is 0. The molecule has 0 saturated carbocycles. The number of nitrogens with zero attached hydrogens (tertiary/aromatic N) is 1. The summed E-state index contributed by atoms with van der Waals surface area (Å²) in [5, 5.41) is 1.96. The van der Waals surface area contributed by atoms with Crippen molar-refractivity contribution < 1.29 is 0 Å². The van der Waals surface area contributed by atoms with Gasteiger partial charge in [-0.1, -0.05) is 0 Å². The minimum absolute atomic E-state index is 0.863. The van der Waals surface area contributed by atoms with E-state index in [9.17, 15) is 0 Å². The van der Waals surface area contributed by atoms with E-state index in [1.807, 2.05) is 19.0 Å². The van der Waals surface area contributed by atoms with Crippen LogP contribution in [0, 0.1) is 6.08 Å². The first-order valence-electron chi connectivity index (χ1n) is 2.35. The summed E-state index contributed by atoms with van der Waals surface area (Å²) in [5.74, 6) is 0. The fourth-order valence-corrected chi connectivity index (χ4v) is 0.523. The van der Waals surface area contributed by atoms with Crippen LogP contribution in [0.1, 0.15) is 6.92 Å². The smallest absolute Gasteiger partial charge is 0.0422 e. The molecular formula is C5H9N2. The Balaban J connectivity index is 2.54. The molecule has 0 aromatic rings. The van der Waals surface area contributed by atoms with E-state index < -0.39 is 0 Å². The van der Waals surface area contributed by atoms with E-state index in [2.05, 4.69) is 11.5 Å². The van der Waals surface area contributed by atoms with E-state index in [-0.39, 0.29) is 0 Å². The Bertz CT molecular complexity index is 96.3. The molecule has 0 aromatic heterocycles. The van der Waals surface area contributed by atoms with Gasteiger partial charge in [0.1, 0.15) is 0 Å². The van der Waals surface area contributed by atoms with E-state index in [0.29, 0.717) is 0 Å². The molecule has 1 aliphatic rings. The zero-order valence-electron chi connectivity index (χ0n) is 4.65. The summed E-state index contributed by atoms with van der Waals surface area (Å²) >= 11 is 0. The van der Waals surface area contributed by atoms with Crippen molar-refractivity contribution in [2.75, 3.05) is 13.6 Å². The fourth-order valence-electron chi connectivity index (χ4n) is 0.523. The number of rotatable bonds is 0. The molecule has 1 N–H and O–H groups in total. The standard InChI is InChI=1S/C5H9N2/c1-5-3-4-6-7(5)2/h6H,4H2,1-2H3. The van der Waals surface area contributed by atoms with Gasteiger partial charge in [0.15, 0.2) is 0 Å². The molecule has 0 saturated heterocycles. The van der Waals surface area contributed by atoms with Crippen molar-refractivity contribution in [3.63, 3.8) is 0 Å². The molecule has 0 unspecified atom stereocenters. The highest BCUT2D eigenvalue weighted by atomic mass is 15.5. The Morgan fingerprint density at radius 3 is 2.71 bits per heavy atom. The molecule has 2 heteroatoms. The van der Waals surface area contributed by atoms with Crippen LogP contribution in [0.25, 0.3) is 0 Å². The van der Waals surface area contributed by atoms with E-state index in [4.69, 9.17) is 0 Å². The van der Waals surface area contributed by atoms with Crippen LogP contribution >= 0.6 is 0 Å². The maximum Gasteiger partial charge on any atom is 0.0422 e. The lowest BCUT2D eigenvalue weighted by Crippen LogP contribution is -2.26. The SMILES string of the molecule is CC1=[C]CNN1C. The third-order valence-corrected chi connectivity index (χ3v) is 1.16. The predicted octanol–water partition coefficient (Wildman–Crippen LogP) is 0.143. The largest absolute Gasteiger partial charge is 0.315 e. The Hall–Kier alpha value is -0.500. The minimum atomic E-state index is 0.863. The first kappa shape index (κ1) is 4.65. The quantitative estimate of drug-likeness (QED) is 0.462. The average molecular weight is 97.1 g/mol. The number of hydrogen-bond donors (Lipinski definition) is 1. The second kappa shape index (κ2) is 1.54. The van der Waals surface area contributed by atoms with Crippen LogP contribution in [0.5, 0.6) is 0 Å². The van der Waals surface area contributed by atoms with Gasteiger partial charge in [0, 0.05) is 19.3 Å². The molecule has 1 rings (SSSR count). The third kappa shape index (κ3) is 0.747. The Kier molecular flexibility index (Phi) is 1.02. The first-order valence-corrected chi connectivity index (χ1v) is 2.35. The number of hydrogen-bond acceptors (Lipinski definition) is 2. The van der Waals surface area contributed by atoms with Gasteiger partial charge >= 0.3 is 0 Å². The van der Waals surface area contributed by atoms with Crippen LogP contribution < -0.4 is 5.43 Å². The first-order chi connectivity index (χ1) is 3.30. The molecular weight excluding hydrogens is 88.1 g/mol. The van der Waals surface area contributed by atoms with Crippen LogP contribution in [0.3, 0.4) is 0 Å². The second-order valence-corrected chi connectivity index (χ2v) is 1.66. The summed E-state index contributed by atoms with van der Waals surface area (Å²) in [7, 11) is 1.98. The lowest BCUT2D eigenvalue weighted by atomic mass is 10.5. The topological polar surface area (TPSA) is 15.3 Å². The van der Waals surface area contributed by atoms with E-state index in [1.54, 1.807) is 0 Å². The molecule has 0 spiro atoms. The Labute approximate surface area is 43.8 Å². The lowest BCUT2D eigenvalue weighted by molar-refractivity contribution is 0.346. The van der Waals surface area contributed by atoms with Crippen molar-refractivity contribution in [1.82, 2.24) is 10.4 Å². The van der Waals surface area contributed by atoms with Gasteiger partial charge in [0.25, 0.3) is 0 Å². The molecule has 2 nitrogen and oxygen atoms in total. The summed E-state index contributed by atoms with van der Waals surface area (Å²) in [6.07, 6.45) is 3.10. The van der Waals surface area contributed by atoms with Gasteiger partial charge in [-0.15, -0.1) is 0 Å². The molecule has 1 heterocycles. The van der Waals surface area contributed by atoms with Gasteiger partial charge in [-0.25, -0.2) is 5.43 Å². The maximum atomic E-state index is 3.10. The van der Waals surface area contributed by atoms with E-state index >= 15 is 0 Å². The van der Waals surface area contributed by atoms with Crippen molar-refractivity contribution in [2.45, 2.75) is 6.92 Å². The number of allylic oxidation sites excluding steroid dienone is 1. The normalized spacial score (nSPS) is 20.3. The zero-order valence-corrected chi connectivity index (χ0v) is 4.65. The van der Waals surface area contributed by atoms with Gasteiger partial charge in [-0.2, -0.15) is 0 Å². The summed E-state index contributed by atoms with van der Waals surface area (Å²) in [5.41, 5.74) is 4.23. The van der Waals surface area contributed by atoms with E-state index in [1.165, 1.54) is 5.70 Å². The van der Waals surface area contributed by atoms with Crippen LogP contribution in [0.15, 0.2) is 5.70 Å². The third-order valence-electron chi connectivity index (χ3n) is 1.16. The van der Waals surface area contributed by atoms with Crippen LogP contribution in [-0.4, -0.2) is 18.6 Å². The maximum absolute atomic E-state index is 3.10. The van der Waals surface area contributed by atoms with Crippen LogP contribution in [-0.2, 0) is 0 Å². The van der Waals surface area contributed by atoms with Crippen LogP contribution in [0.2, 0.25) is 0 Å². The molecule has 0 aliphatic carbocycles. The molecule has 1 aliphatic heterocycles. The van der Waals surface area contributed by atoms with Gasteiger partial charge in [0.05, 0.1) is 0 Å². The highest BCUT2D eigenvalue weighted by molar-refractivity contribution is 4.94. The highest BCUT2D eigenvalue weighted by Gasteiger charge is 2.01. The van der Waals surface area contributed by atoms with E-state index in [0.717, 1.165) is 6.54 Å². The van der Waals surface area contributed by atoms with Crippen molar-refractivity contribution >= 4 is 0 Å². The van der Waals surface area contributed by atoms with Gasteiger partial charge < -0.3 is 5.01 Å². The fraction of sp³-hybridized carbons (Fsp3) is 0.600. The van der Waals surface area contributed by atoms with Gasteiger partial charge in [-0.3, -0.25) is 0 Å². The Morgan fingerprint density at radius 2 is 2.57 bits per heavy atom. The second-order valence-electron chi connectivity index (χ2n) is 1.66. The zero-order chi connectivity index (χ0) is 5.28. The minimum Gasteiger partial charge on any atom is -0.315 e. The Morgan fingerprint density at radius 1 is 1.86 bits per heavy atom. The highest BCUT2D eigenvalue weighted by Crippen LogP contribution is 1.98. The van der Waals surface area contributed by atoms with Gasteiger partial charge in [0.2, 0.25) is 0 Å². The summed E-state index contributed by atoms with van der Waals surface area (Å²) in [6, 6.07) is 0. The summed E-state index contributed by atoms with van der Waals surface area (Å²) in [6.45, 7) is 2.89. The molecule has 0 amide bonds. The van der Waals surface area contributed by atoms with Gasteiger partial charge in [-0.05, 0) is 13.0 Å². The van der Waals surface area contributed by atoms with Crippen molar-refractivity contribution in [3.8, 4) is 0 Å². The van der Waals surface area contributed by atoms with Crippen molar-refractivity contribution in [1.29, 1.82) is 0 Å². The summed E-state index contributed by atoms with van der Waals surface area (Å²) < 4.78 is 0. The molecule has 0 bridgehead atoms.